The summed E-state index contributed by atoms with van der Waals surface area (Å²) in [6.07, 6.45) is 6.94. The van der Waals surface area contributed by atoms with E-state index in [4.69, 9.17) is 0 Å². The SMILES string of the molecule is [B]1N(c2ncccn2)CCN1c1ncccn1. The monoisotopic (exact) mass is 225 g/mol. The third-order valence-corrected chi connectivity index (χ3v) is 2.48. The van der Waals surface area contributed by atoms with E-state index < -0.39 is 0 Å². The predicted molar refractivity (Wildman–Crippen MR) is 64.5 cm³/mol. The lowest BCUT2D eigenvalue weighted by Crippen LogP contribution is -2.31. The lowest BCUT2D eigenvalue weighted by molar-refractivity contribution is 0.953. The lowest BCUT2D eigenvalue weighted by Gasteiger charge is -2.15. The molecule has 0 N–H and O–H groups in total. The summed E-state index contributed by atoms with van der Waals surface area (Å²) in [5.74, 6) is 1.40. The average molecular weight is 225 g/mol. The van der Waals surface area contributed by atoms with Crippen molar-refractivity contribution in [2.45, 2.75) is 0 Å². The van der Waals surface area contributed by atoms with E-state index in [1.165, 1.54) is 0 Å². The number of nitrogens with zero attached hydrogens (tertiary/aromatic N) is 6. The van der Waals surface area contributed by atoms with Crippen LogP contribution in [0, 0.1) is 0 Å². The van der Waals surface area contributed by atoms with Crippen LogP contribution in [0.25, 0.3) is 0 Å². The molecule has 1 radical (unpaired) electrons. The smallest absolute Gasteiger partial charge is 0.366 e. The highest BCUT2D eigenvalue weighted by atomic mass is 15.4. The number of hydrogen-bond acceptors (Lipinski definition) is 6. The zero-order valence-electron chi connectivity index (χ0n) is 9.14. The van der Waals surface area contributed by atoms with E-state index in [9.17, 15) is 0 Å². The molecule has 0 unspecified atom stereocenters. The molecule has 0 aromatic carbocycles. The Labute approximate surface area is 99.6 Å². The van der Waals surface area contributed by atoms with E-state index in [-0.39, 0.29) is 0 Å². The van der Waals surface area contributed by atoms with E-state index in [1.807, 2.05) is 17.2 Å². The average Bonchev–Trinajstić information content (AvgIpc) is 2.90. The van der Waals surface area contributed by atoms with Crippen LogP contribution in [0.4, 0.5) is 11.9 Å². The van der Waals surface area contributed by atoms with Crippen molar-refractivity contribution in [3.05, 3.63) is 36.9 Å². The first-order chi connectivity index (χ1) is 8.43. The summed E-state index contributed by atoms with van der Waals surface area (Å²) in [5, 5.41) is 0. The van der Waals surface area contributed by atoms with Crippen LogP contribution in [-0.4, -0.2) is 40.6 Å². The van der Waals surface area contributed by atoms with E-state index in [0.717, 1.165) is 13.1 Å². The van der Waals surface area contributed by atoms with Gasteiger partial charge in [0, 0.05) is 37.9 Å². The number of anilines is 2. The van der Waals surface area contributed by atoms with Gasteiger partial charge >= 0.3 is 7.55 Å². The van der Waals surface area contributed by atoms with Crippen molar-refractivity contribution in [3.63, 3.8) is 0 Å². The number of rotatable bonds is 2. The van der Waals surface area contributed by atoms with Crippen molar-refractivity contribution in [2.75, 3.05) is 22.7 Å². The molecule has 2 aromatic heterocycles. The topological polar surface area (TPSA) is 58.0 Å². The van der Waals surface area contributed by atoms with Crippen molar-refractivity contribution in [1.29, 1.82) is 0 Å². The molecular formula is C10H10BN6. The van der Waals surface area contributed by atoms with E-state index >= 15 is 0 Å². The highest BCUT2D eigenvalue weighted by molar-refractivity contribution is 6.47. The van der Waals surface area contributed by atoms with Gasteiger partial charge in [-0.2, -0.15) is 0 Å². The molecule has 7 heteroatoms. The first kappa shape index (κ1) is 10.0. The summed E-state index contributed by atoms with van der Waals surface area (Å²) >= 11 is 0. The number of aromatic nitrogens is 4. The Morgan fingerprint density at radius 3 is 1.59 bits per heavy atom. The van der Waals surface area contributed by atoms with Crippen molar-refractivity contribution >= 4 is 19.4 Å². The van der Waals surface area contributed by atoms with E-state index in [2.05, 4.69) is 19.9 Å². The maximum Gasteiger partial charge on any atom is 0.396 e. The van der Waals surface area contributed by atoms with Crippen molar-refractivity contribution in [3.8, 4) is 0 Å². The molecule has 0 atom stereocenters. The molecule has 0 spiro atoms. The Balaban J connectivity index is 1.75. The third kappa shape index (κ3) is 2.03. The van der Waals surface area contributed by atoms with Gasteiger partial charge in [0.25, 0.3) is 0 Å². The zero-order chi connectivity index (χ0) is 11.5. The van der Waals surface area contributed by atoms with Crippen LogP contribution < -0.4 is 9.62 Å². The van der Waals surface area contributed by atoms with Crippen LogP contribution in [0.1, 0.15) is 0 Å². The fraction of sp³-hybridized carbons (Fsp3) is 0.200. The van der Waals surface area contributed by atoms with Crippen LogP contribution in [0.3, 0.4) is 0 Å². The van der Waals surface area contributed by atoms with Gasteiger partial charge in [-0.25, -0.2) is 19.9 Å². The molecule has 0 saturated carbocycles. The van der Waals surface area contributed by atoms with Crippen molar-refractivity contribution in [1.82, 2.24) is 19.9 Å². The Kier molecular flexibility index (Phi) is 2.57. The summed E-state index contributed by atoms with van der Waals surface area (Å²) in [6.45, 7) is 1.67. The lowest BCUT2D eigenvalue weighted by atomic mass is 10.1. The maximum atomic E-state index is 4.20. The van der Waals surface area contributed by atoms with Crippen molar-refractivity contribution < 1.29 is 0 Å². The van der Waals surface area contributed by atoms with Gasteiger partial charge in [0.05, 0.1) is 0 Å². The third-order valence-electron chi connectivity index (χ3n) is 2.48. The molecule has 17 heavy (non-hydrogen) atoms. The highest BCUT2D eigenvalue weighted by Gasteiger charge is 2.26. The standard InChI is InChI=1S/C10H10BN6/c1-3-12-9(13-4-1)16-7-8-17(11-16)10-14-5-2-6-15-10/h1-6H,7-8H2. The van der Waals surface area contributed by atoms with Crippen LogP contribution in [0.2, 0.25) is 0 Å². The maximum absolute atomic E-state index is 4.20. The van der Waals surface area contributed by atoms with Gasteiger partial charge in [-0.3, -0.25) is 0 Å². The van der Waals surface area contributed by atoms with Gasteiger partial charge in [0.2, 0.25) is 11.9 Å². The quantitative estimate of drug-likeness (QED) is 0.677. The number of hydrogen-bond donors (Lipinski definition) is 0. The minimum absolute atomic E-state index is 0.700. The van der Waals surface area contributed by atoms with Crippen molar-refractivity contribution in [2.24, 2.45) is 0 Å². The molecule has 1 aliphatic rings. The Bertz CT molecular complexity index is 433. The fourth-order valence-corrected chi connectivity index (χ4v) is 1.68. The van der Waals surface area contributed by atoms with Gasteiger partial charge < -0.3 is 9.62 Å². The van der Waals surface area contributed by atoms with Crippen LogP contribution in [-0.2, 0) is 0 Å². The largest absolute Gasteiger partial charge is 0.396 e. The molecule has 83 valence electrons. The molecule has 6 nitrogen and oxygen atoms in total. The molecule has 0 bridgehead atoms. The second-order valence-corrected chi connectivity index (χ2v) is 3.60. The Morgan fingerprint density at radius 1 is 0.765 bits per heavy atom. The van der Waals surface area contributed by atoms with Gasteiger partial charge in [-0.1, -0.05) is 0 Å². The van der Waals surface area contributed by atoms with Gasteiger partial charge in [0.15, 0.2) is 0 Å². The second-order valence-electron chi connectivity index (χ2n) is 3.60. The summed E-state index contributed by atoms with van der Waals surface area (Å²) in [4.78, 5) is 20.8. The van der Waals surface area contributed by atoms with Gasteiger partial charge in [0.1, 0.15) is 0 Å². The van der Waals surface area contributed by atoms with Crippen LogP contribution >= 0.6 is 0 Å². The molecular weight excluding hydrogens is 215 g/mol. The minimum atomic E-state index is 0.700. The summed E-state index contributed by atoms with van der Waals surface area (Å²) in [6, 6.07) is 3.61. The molecule has 1 saturated heterocycles. The minimum Gasteiger partial charge on any atom is -0.366 e. The highest BCUT2D eigenvalue weighted by Crippen LogP contribution is 2.14. The fourth-order valence-electron chi connectivity index (χ4n) is 1.68. The first-order valence-corrected chi connectivity index (χ1v) is 5.36. The Hall–Kier alpha value is -2.18. The molecule has 1 fully saturated rings. The van der Waals surface area contributed by atoms with Crippen LogP contribution in [0.5, 0.6) is 0 Å². The Morgan fingerprint density at radius 2 is 1.18 bits per heavy atom. The summed E-state index contributed by atoms with van der Waals surface area (Å²) < 4.78 is 0. The van der Waals surface area contributed by atoms with E-state index in [0.29, 0.717) is 11.9 Å². The first-order valence-electron chi connectivity index (χ1n) is 5.36. The summed E-state index contributed by atoms with van der Waals surface area (Å²) in [5.41, 5.74) is 0. The zero-order valence-corrected chi connectivity index (χ0v) is 9.14. The summed E-state index contributed by atoms with van der Waals surface area (Å²) in [7, 11) is 1.94. The van der Waals surface area contributed by atoms with E-state index in [1.54, 1.807) is 36.9 Å². The normalized spacial score (nSPS) is 14.8. The van der Waals surface area contributed by atoms with Gasteiger partial charge in [-0.15, -0.1) is 0 Å². The molecule has 2 aromatic rings. The molecule has 0 aliphatic carbocycles. The molecule has 3 rings (SSSR count). The molecule has 0 amide bonds. The molecule has 1 aliphatic heterocycles. The predicted octanol–water partition coefficient (Wildman–Crippen LogP) is 0.127. The van der Waals surface area contributed by atoms with Crippen LogP contribution in [0.15, 0.2) is 36.9 Å². The second kappa shape index (κ2) is 4.36. The van der Waals surface area contributed by atoms with Gasteiger partial charge in [-0.05, 0) is 12.1 Å². The molecule has 3 heterocycles.